The van der Waals surface area contributed by atoms with E-state index in [1.165, 1.54) is 24.4 Å². The molecule has 1 aliphatic rings. The third kappa shape index (κ3) is 2.14. The predicted molar refractivity (Wildman–Crippen MR) is 100 cm³/mol. The molecule has 142 valence electrons. The number of pyridine rings is 2. The zero-order valence-corrected chi connectivity index (χ0v) is 15.2. The summed E-state index contributed by atoms with van der Waals surface area (Å²) in [5, 5.41) is 0.576. The molecule has 5 rings (SSSR count). The Kier molecular flexibility index (Phi) is 3.52. The molecular formula is C20H16F2N4O2. The molecule has 0 aliphatic carbocycles. The first-order valence-corrected chi connectivity index (χ1v) is 8.98. The van der Waals surface area contributed by atoms with E-state index in [9.17, 15) is 9.18 Å². The van der Waals surface area contributed by atoms with Gasteiger partial charge in [0.1, 0.15) is 18.2 Å². The average molecular weight is 382 g/mol. The number of hydrogen-bond donors (Lipinski definition) is 0. The molecule has 4 heterocycles. The summed E-state index contributed by atoms with van der Waals surface area (Å²) in [5.41, 5.74) is 2.14. The fourth-order valence-electron chi connectivity index (χ4n) is 3.94. The van der Waals surface area contributed by atoms with Crippen molar-refractivity contribution in [3.63, 3.8) is 0 Å². The second kappa shape index (κ2) is 5.85. The van der Waals surface area contributed by atoms with Crippen molar-refractivity contribution < 1.29 is 13.5 Å². The van der Waals surface area contributed by atoms with Crippen molar-refractivity contribution in [1.82, 2.24) is 19.1 Å². The first kappa shape index (κ1) is 16.9. The minimum absolute atomic E-state index is 0.165. The Balaban J connectivity index is 1.98. The van der Waals surface area contributed by atoms with Crippen molar-refractivity contribution in [2.75, 3.05) is 6.61 Å². The van der Waals surface area contributed by atoms with Gasteiger partial charge in [-0.3, -0.25) is 14.1 Å². The van der Waals surface area contributed by atoms with E-state index in [1.54, 1.807) is 22.4 Å². The number of ether oxygens (including phenoxy) is 1. The lowest BCUT2D eigenvalue weighted by Gasteiger charge is -2.16. The Morgan fingerprint density at radius 1 is 1.25 bits per heavy atom. The minimum atomic E-state index is -0.649. The maximum atomic E-state index is 15.1. The lowest BCUT2D eigenvalue weighted by atomic mass is 10.0. The van der Waals surface area contributed by atoms with Crippen LogP contribution in [0.1, 0.15) is 19.4 Å². The number of imidazole rings is 1. The molecule has 0 saturated heterocycles. The SMILES string of the molecule is CC[C@H]1COc2c(-c3ccc(F)nc3)c(F)cc3ncc4c(c23)n1c(=O)n4C. The van der Waals surface area contributed by atoms with Gasteiger partial charge >= 0.3 is 5.69 Å². The van der Waals surface area contributed by atoms with Crippen LogP contribution in [0.2, 0.25) is 0 Å². The fraction of sp³-hybridized carbons (Fsp3) is 0.250. The van der Waals surface area contributed by atoms with Crippen molar-refractivity contribution in [2.45, 2.75) is 19.4 Å². The molecule has 0 radical (unpaired) electrons. The highest BCUT2D eigenvalue weighted by Gasteiger charge is 2.29. The van der Waals surface area contributed by atoms with E-state index in [-0.39, 0.29) is 23.9 Å². The summed E-state index contributed by atoms with van der Waals surface area (Å²) in [5.74, 6) is -0.886. The van der Waals surface area contributed by atoms with Gasteiger partial charge < -0.3 is 4.74 Å². The second-order valence-corrected chi connectivity index (χ2v) is 6.90. The van der Waals surface area contributed by atoms with E-state index in [1.807, 2.05) is 6.92 Å². The van der Waals surface area contributed by atoms with Crippen LogP contribution in [-0.2, 0) is 7.05 Å². The standard InChI is InChI=1S/C20H16F2N4O2/c1-3-11-9-28-19-16(10-4-5-15(22)24-7-10)12(21)6-13-17(19)18-14(8-23-13)25(2)20(27)26(11)18/h4-8,11H,3,9H2,1-2H3/t11-/m0/s1. The summed E-state index contributed by atoms with van der Waals surface area (Å²) < 4.78 is 37.6. The number of nitrogens with zero attached hydrogens (tertiary/aromatic N) is 4. The molecule has 0 fully saturated rings. The van der Waals surface area contributed by atoms with Crippen molar-refractivity contribution >= 4 is 21.9 Å². The zero-order chi connectivity index (χ0) is 19.6. The van der Waals surface area contributed by atoms with E-state index >= 15 is 4.39 Å². The topological polar surface area (TPSA) is 61.9 Å². The van der Waals surface area contributed by atoms with Crippen LogP contribution in [0.5, 0.6) is 5.75 Å². The first-order chi connectivity index (χ1) is 13.5. The van der Waals surface area contributed by atoms with Crippen LogP contribution < -0.4 is 10.4 Å². The molecule has 6 nitrogen and oxygen atoms in total. The van der Waals surface area contributed by atoms with Gasteiger partial charge in [-0.25, -0.2) is 14.2 Å². The van der Waals surface area contributed by atoms with Crippen LogP contribution in [0.3, 0.4) is 0 Å². The fourth-order valence-corrected chi connectivity index (χ4v) is 3.94. The van der Waals surface area contributed by atoms with Gasteiger partial charge in [0.05, 0.1) is 39.7 Å². The Morgan fingerprint density at radius 2 is 2.07 bits per heavy atom. The summed E-state index contributed by atoms with van der Waals surface area (Å²) in [6, 6.07) is 3.75. The molecule has 1 aromatic carbocycles. The van der Waals surface area contributed by atoms with Crippen molar-refractivity contribution in [2.24, 2.45) is 7.05 Å². The molecule has 0 unspecified atom stereocenters. The van der Waals surface area contributed by atoms with Gasteiger partial charge in [-0.15, -0.1) is 0 Å². The molecule has 0 spiro atoms. The van der Waals surface area contributed by atoms with Gasteiger partial charge in [-0.2, -0.15) is 4.39 Å². The summed E-state index contributed by atoms with van der Waals surface area (Å²) in [7, 11) is 1.69. The highest BCUT2D eigenvalue weighted by Crippen LogP contribution is 2.43. The molecule has 1 atom stereocenters. The smallest absolute Gasteiger partial charge is 0.329 e. The Bertz CT molecular complexity index is 1310. The van der Waals surface area contributed by atoms with E-state index in [2.05, 4.69) is 9.97 Å². The maximum absolute atomic E-state index is 15.1. The van der Waals surface area contributed by atoms with Crippen LogP contribution >= 0.6 is 0 Å². The van der Waals surface area contributed by atoms with Crippen molar-refractivity contribution in [3.8, 4) is 16.9 Å². The van der Waals surface area contributed by atoms with Crippen LogP contribution in [0.4, 0.5) is 8.78 Å². The van der Waals surface area contributed by atoms with Crippen LogP contribution in [0.25, 0.3) is 33.1 Å². The zero-order valence-electron chi connectivity index (χ0n) is 15.2. The highest BCUT2D eigenvalue weighted by atomic mass is 19.1. The van der Waals surface area contributed by atoms with Crippen molar-refractivity contribution in [1.29, 1.82) is 0 Å². The van der Waals surface area contributed by atoms with E-state index in [0.29, 0.717) is 39.7 Å². The van der Waals surface area contributed by atoms with E-state index in [4.69, 9.17) is 4.74 Å². The van der Waals surface area contributed by atoms with Crippen molar-refractivity contribution in [3.05, 3.63) is 52.8 Å². The van der Waals surface area contributed by atoms with Gasteiger partial charge in [-0.1, -0.05) is 6.92 Å². The van der Waals surface area contributed by atoms with Gasteiger partial charge in [0.2, 0.25) is 5.95 Å². The first-order valence-electron chi connectivity index (χ1n) is 8.98. The molecule has 28 heavy (non-hydrogen) atoms. The number of benzene rings is 1. The third-order valence-electron chi connectivity index (χ3n) is 5.39. The molecule has 0 saturated carbocycles. The molecule has 4 aromatic rings. The van der Waals surface area contributed by atoms with E-state index < -0.39 is 11.8 Å². The Labute approximate surface area is 158 Å². The Morgan fingerprint density at radius 3 is 2.79 bits per heavy atom. The molecular weight excluding hydrogens is 366 g/mol. The van der Waals surface area contributed by atoms with Crippen LogP contribution in [0.15, 0.2) is 35.4 Å². The predicted octanol–water partition coefficient (Wildman–Crippen LogP) is 3.57. The van der Waals surface area contributed by atoms with E-state index in [0.717, 1.165) is 0 Å². The van der Waals surface area contributed by atoms with Gasteiger partial charge in [-0.05, 0) is 18.6 Å². The van der Waals surface area contributed by atoms with Crippen LogP contribution in [-0.4, -0.2) is 25.7 Å². The lowest BCUT2D eigenvalue weighted by Crippen LogP contribution is -2.28. The normalized spacial score (nSPS) is 15.9. The third-order valence-corrected chi connectivity index (χ3v) is 5.39. The summed E-state index contributed by atoms with van der Waals surface area (Å²) in [6.45, 7) is 2.18. The largest absolute Gasteiger partial charge is 0.490 e. The summed E-state index contributed by atoms with van der Waals surface area (Å²) >= 11 is 0. The second-order valence-electron chi connectivity index (χ2n) is 6.90. The van der Waals surface area contributed by atoms with Crippen LogP contribution in [0, 0.1) is 11.8 Å². The Hall–Kier alpha value is -3.29. The molecule has 1 aliphatic heterocycles. The number of hydrogen-bond acceptors (Lipinski definition) is 4. The van der Waals surface area contributed by atoms with Gasteiger partial charge in [0.25, 0.3) is 0 Å². The number of halogens is 2. The summed E-state index contributed by atoms with van der Waals surface area (Å²) in [4.78, 5) is 20.9. The lowest BCUT2D eigenvalue weighted by molar-refractivity contribution is 0.252. The number of aryl methyl sites for hydroxylation is 1. The summed E-state index contributed by atoms with van der Waals surface area (Å²) in [6.07, 6.45) is 3.52. The number of aromatic nitrogens is 4. The maximum Gasteiger partial charge on any atom is 0.329 e. The highest BCUT2D eigenvalue weighted by molar-refractivity contribution is 6.09. The molecule has 8 heteroatoms. The molecule has 0 amide bonds. The quantitative estimate of drug-likeness (QED) is 0.497. The molecule has 0 N–H and O–H groups in total. The molecule has 0 bridgehead atoms. The molecule has 3 aromatic heterocycles. The monoisotopic (exact) mass is 382 g/mol. The number of rotatable bonds is 2. The van der Waals surface area contributed by atoms with Gasteiger partial charge in [0.15, 0.2) is 0 Å². The average Bonchev–Trinajstić information content (AvgIpc) is 2.84. The van der Waals surface area contributed by atoms with Gasteiger partial charge in [0, 0.05) is 24.9 Å². The minimum Gasteiger partial charge on any atom is -0.490 e.